The van der Waals surface area contributed by atoms with Crippen molar-refractivity contribution in [2.24, 2.45) is 5.92 Å². The molecule has 0 N–H and O–H groups in total. The minimum atomic E-state index is -0.578. The molecule has 0 bridgehead atoms. The van der Waals surface area contributed by atoms with E-state index in [1.807, 2.05) is 6.07 Å². The van der Waals surface area contributed by atoms with Gasteiger partial charge in [-0.05, 0) is 13.8 Å². The third-order valence-electron chi connectivity index (χ3n) is 1.74. The molecule has 0 unspecified atom stereocenters. The van der Waals surface area contributed by atoms with Crippen molar-refractivity contribution in [1.29, 1.82) is 5.26 Å². The predicted octanol–water partition coefficient (Wildman–Crippen LogP) is 0.852. The lowest BCUT2D eigenvalue weighted by molar-refractivity contribution is -0.146. The highest BCUT2D eigenvalue weighted by atomic mass is 16.6. The van der Waals surface area contributed by atoms with Gasteiger partial charge in [0.15, 0.2) is 0 Å². The average molecular weight is 139 g/mol. The van der Waals surface area contributed by atoms with Crippen molar-refractivity contribution >= 4 is 5.97 Å². The molecular weight excluding hydrogens is 130 g/mol. The topological polar surface area (TPSA) is 50.1 Å². The van der Waals surface area contributed by atoms with Gasteiger partial charge in [0, 0.05) is 0 Å². The van der Waals surface area contributed by atoms with Gasteiger partial charge in [-0.15, -0.1) is 0 Å². The number of carbonyl (C=O) groups excluding carboxylic acids is 1. The lowest BCUT2D eigenvalue weighted by Crippen LogP contribution is -2.26. The first-order chi connectivity index (χ1) is 4.56. The van der Waals surface area contributed by atoms with E-state index in [9.17, 15) is 4.79 Å². The Balaban J connectivity index is 2.79. The standard InChI is InChI=1S/C7H9NO2/c1-7(2)5(4-8)3-6(9)10-7/h5H,3H2,1-2H3/t5-/m0/s1. The van der Waals surface area contributed by atoms with Gasteiger partial charge in [-0.1, -0.05) is 0 Å². The number of ether oxygens (including phenoxy) is 1. The Morgan fingerprint density at radius 1 is 1.80 bits per heavy atom. The zero-order valence-electron chi connectivity index (χ0n) is 6.05. The number of cyclic esters (lactones) is 1. The number of carbonyl (C=O) groups is 1. The van der Waals surface area contributed by atoms with Gasteiger partial charge in [0.2, 0.25) is 0 Å². The van der Waals surface area contributed by atoms with Crippen LogP contribution in [0.3, 0.4) is 0 Å². The Kier molecular flexibility index (Phi) is 1.40. The molecule has 1 aliphatic heterocycles. The molecule has 54 valence electrons. The Hall–Kier alpha value is -1.04. The van der Waals surface area contributed by atoms with Gasteiger partial charge in [0.1, 0.15) is 5.60 Å². The van der Waals surface area contributed by atoms with Crippen LogP contribution in [-0.2, 0) is 9.53 Å². The second-order valence-electron chi connectivity index (χ2n) is 2.96. The zero-order valence-corrected chi connectivity index (χ0v) is 6.05. The van der Waals surface area contributed by atoms with Crippen molar-refractivity contribution in [1.82, 2.24) is 0 Å². The first-order valence-electron chi connectivity index (χ1n) is 3.18. The molecule has 1 atom stereocenters. The van der Waals surface area contributed by atoms with E-state index in [0.29, 0.717) is 0 Å². The molecule has 0 aromatic rings. The smallest absolute Gasteiger partial charge is 0.307 e. The van der Waals surface area contributed by atoms with Crippen LogP contribution in [0.1, 0.15) is 20.3 Å². The minimum absolute atomic E-state index is 0.240. The quantitative estimate of drug-likeness (QED) is 0.467. The second-order valence-corrected chi connectivity index (χ2v) is 2.96. The zero-order chi connectivity index (χ0) is 7.78. The summed E-state index contributed by atoms with van der Waals surface area (Å²) in [5.41, 5.74) is -0.578. The monoisotopic (exact) mass is 139 g/mol. The van der Waals surface area contributed by atoms with E-state index < -0.39 is 5.60 Å². The van der Waals surface area contributed by atoms with Gasteiger partial charge in [0.25, 0.3) is 0 Å². The van der Waals surface area contributed by atoms with Gasteiger partial charge < -0.3 is 4.74 Å². The molecule has 0 aliphatic carbocycles. The normalized spacial score (nSPS) is 29.3. The molecule has 0 amide bonds. The van der Waals surface area contributed by atoms with E-state index in [1.54, 1.807) is 13.8 Å². The van der Waals surface area contributed by atoms with Crippen LogP contribution in [0.15, 0.2) is 0 Å². The summed E-state index contributed by atoms with van der Waals surface area (Å²) in [6.07, 6.45) is 0.240. The highest BCUT2D eigenvalue weighted by Gasteiger charge is 2.41. The Morgan fingerprint density at radius 3 is 2.60 bits per heavy atom. The van der Waals surface area contributed by atoms with Crippen molar-refractivity contribution < 1.29 is 9.53 Å². The molecule has 0 spiro atoms. The van der Waals surface area contributed by atoms with Gasteiger partial charge in [0.05, 0.1) is 18.4 Å². The SMILES string of the molecule is CC1(C)OC(=O)C[C@H]1C#N. The highest BCUT2D eigenvalue weighted by molar-refractivity contribution is 5.73. The van der Waals surface area contributed by atoms with Crippen molar-refractivity contribution in [2.45, 2.75) is 25.9 Å². The van der Waals surface area contributed by atoms with E-state index >= 15 is 0 Å². The number of esters is 1. The summed E-state index contributed by atoms with van der Waals surface area (Å²) in [6, 6.07) is 2.04. The summed E-state index contributed by atoms with van der Waals surface area (Å²) in [5.74, 6) is -0.545. The van der Waals surface area contributed by atoms with Crippen LogP contribution in [0.25, 0.3) is 0 Å². The van der Waals surface area contributed by atoms with E-state index in [-0.39, 0.29) is 18.3 Å². The maximum absolute atomic E-state index is 10.7. The molecule has 0 radical (unpaired) electrons. The minimum Gasteiger partial charge on any atom is -0.458 e. The Labute approximate surface area is 59.6 Å². The summed E-state index contributed by atoms with van der Waals surface area (Å²) >= 11 is 0. The number of hydrogen-bond acceptors (Lipinski definition) is 3. The molecule has 0 aromatic carbocycles. The van der Waals surface area contributed by atoms with Crippen molar-refractivity contribution in [3.8, 4) is 6.07 Å². The average Bonchev–Trinajstić information content (AvgIpc) is 2.04. The van der Waals surface area contributed by atoms with E-state index in [2.05, 4.69) is 0 Å². The maximum atomic E-state index is 10.7. The first-order valence-corrected chi connectivity index (χ1v) is 3.18. The number of nitrogens with zero attached hydrogens (tertiary/aromatic N) is 1. The van der Waals surface area contributed by atoms with Crippen LogP contribution in [0.5, 0.6) is 0 Å². The molecule has 1 fully saturated rings. The number of hydrogen-bond donors (Lipinski definition) is 0. The molecule has 3 heteroatoms. The molecular formula is C7H9NO2. The van der Waals surface area contributed by atoms with Gasteiger partial charge in [-0.25, -0.2) is 0 Å². The van der Waals surface area contributed by atoms with Crippen molar-refractivity contribution in [3.63, 3.8) is 0 Å². The van der Waals surface area contributed by atoms with Gasteiger partial charge in [-0.3, -0.25) is 4.79 Å². The fraction of sp³-hybridized carbons (Fsp3) is 0.714. The molecule has 1 heterocycles. The third-order valence-corrected chi connectivity index (χ3v) is 1.74. The number of nitriles is 1. The summed E-state index contributed by atoms with van der Waals surface area (Å²) < 4.78 is 4.89. The highest BCUT2D eigenvalue weighted by Crippen LogP contribution is 2.31. The fourth-order valence-electron chi connectivity index (χ4n) is 1.02. The largest absolute Gasteiger partial charge is 0.458 e. The summed E-state index contributed by atoms with van der Waals surface area (Å²) in [4.78, 5) is 10.7. The summed E-state index contributed by atoms with van der Waals surface area (Å²) in [6.45, 7) is 3.51. The maximum Gasteiger partial charge on any atom is 0.307 e. The van der Waals surface area contributed by atoms with Crippen LogP contribution in [-0.4, -0.2) is 11.6 Å². The Morgan fingerprint density at radius 2 is 2.40 bits per heavy atom. The fourth-order valence-corrected chi connectivity index (χ4v) is 1.02. The first kappa shape index (κ1) is 7.07. The van der Waals surface area contributed by atoms with E-state index in [0.717, 1.165) is 0 Å². The molecule has 1 rings (SSSR count). The second kappa shape index (κ2) is 1.98. The lowest BCUT2D eigenvalue weighted by atomic mass is 9.93. The van der Waals surface area contributed by atoms with Crippen molar-refractivity contribution in [3.05, 3.63) is 0 Å². The third kappa shape index (κ3) is 0.971. The molecule has 1 aliphatic rings. The summed E-state index contributed by atoms with van der Waals surface area (Å²) in [5, 5.41) is 8.54. The molecule has 3 nitrogen and oxygen atoms in total. The molecule has 0 aromatic heterocycles. The van der Waals surface area contributed by atoms with Gasteiger partial charge in [-0.2, -0.15) is 5.26 Å². The van der Waals surface area contributed by atoms with Crippen LogP contribution >= 0.6 is 0 Å². The van der Waals surface area contributed by atoms with Crippen LogP contribution in [0.4, 0.5) is 0 Å². The molecule has 10 heavy (non-hydrogen) atoms. The number of rotatable bonds is 0. The lowest BCUT2D eigenvalue weighted by Gasteiger charge is -2.18. The molecule has 0 saturated carbocycles. The van der Waals surface area contributed by atoms with Crippen LogP contribution < -0.4 is 0 Å². The summed E-state index contributed by atoms with van der Waals surface area (Å²) in [7, 11) is 0. The van der Waals surface area contributed by atoms with E-state index in [4.69, 9.17) is 10.00 Å². The van der Waals surface area contributed by atoms with Crippen LogP contribution in [0, 0.1) is 17.2 Å². The predicted molar refractivity (Wildman–Crippen MR) is 33.9 cm³/mol. The van der Waals surface area contributed by atoms with Crippen molar-refractivity contribution in [2.75, 3.05) is 0 Å². The van der Waals surface area contributed by atoms with Gasteiger partial charge >= 0.3 is 5.97 Å². The van der Waals surface area contributed by atoms with Crippen LogP contribution in [0.2, 0.25) is 0 Å². The van der Waals surface area contributed by atoms with E-state index in [1.165, 1.54) is 0 Å². The Bertz CT molecular complexity index is 202. The molecule has 1 saturated heterocycles.